The zero-order chi connectivity index (χ0) is 21.0. The van der Waals surface area contributed by atoms with E-state index >= 15 is 0 Å². The summed E-state index contributed by atoms with van der Waals surface area (Å²) < 4.78 is 0. The Kier molecular flexibility index (Phi) is 9.56. The first-order valence-corrected chi connectivity index (χ1v) is 12.5. The Hall–Kier alpha value is -2.00. The molecule has 1 saturated carbocycles. The van der Waals surface area contributed by atoms with Crippen molar-refractivity contribution in [2.24, 2.45) is 5.92 Å². The van der Waals surface area contributed by atoms with Crippen molar-refractivity contribution in [3.05, 3.63) is 70.8 Å². The summed E-state index contributed by atoms with van der Waals surface area (Å²) in [6.07, 6.45) is 15.4. The summed E-state index contributed by atoms with van der Waals surface area (Å²) in [5.41, 5.74) is 5.67. The minimum Gasteiger partial charge on any atom is -0.0945 e. The van der Waals surface area contributed by atoms with Crippen LogP contribution in [-0.2, 0) is 12.8 Å². The van der Waals surface area contributed by atoms with Crippen LogP contribution >= 0.6 is 0 Å². The largest absolute Gasteiger partial charge is 0.0945 e. The molecule has 0 atom stereocenters. The van der Waals surface area contributed by atoms with Gasteiger partial charge in [-0.15, -0.1) is 0 Å². The molecule has 0 unspecified atom stereocenters. The van der Waals surface area contributed by atoms with Gasteiger partial charge in [-0.05, 0) is 86.1 Å². The lowest BCUT2D eigenvalue weighted by Crippen LogP contribution is -2.12. The van der Waals surface area contributed by atoms with Crippen LogP contribution in [0.1, 0.15) is 106 Å². The molecular weight excluding hydrogens is 360 g/mol. The minimum atomic E-state index is 0.568. The van der Waals surface area contributed by atoms with Crippen molar-refractivity contribution < 1.29 is 0 Å². The normalized spacial score (nSPS) is 18.6. The molecule has 0 nitrogen and oxygen atoms in total. The fraction of sp³-hybridized carbons (Fsp3) is 0.533. The van der Waals surface area contributed by atoms with E-state index in [0.717, 1.165) is 5.92 Å². The van der Waals surface area contributed by atoms with Crippen LogP contribution in [0.3, 0.4) is 0 Å². The summed E-state index contributed by atoms with van der Waals surface area (Å²) in [7, 11) is 0. The van der Waals surface area contributed by atoms with Crippen LogP contribution < -0.4 is 0 Å². The van der Waals surface area contributed by atoms with E-state index in [1.807, 2.05) is 0 Å². The lowest BCUT2D eigenvalue weighted by Gasteiger charge is -2.26. The molecule has 30 heavy (non-hydrogen) atoms. The molecule has 0 radical (unpaired) electrons. The van der Waals surface area contributed by atoms with Gasteiger partial charge >= 0.3 is 0 Å². The highest BCUT2D eigenvalue weighted by Crippen LogP contribution is 2.35. The number of hydrogen-bond donors (Lipinski definition) is 0. The maximum absolute atomic E-state index is 3.57. The van der Waals surface area contributed by atoms with Gasteiger partial charge in [0.2, 0.25) is 0 Å². The first-order valence-electron chi connectivity index (χ1n) is 12.5. The lowest BCUT2D eigenvalue weighted by atomic mass is 9.78. The predicted molar refractivity (Wildman–Crippen MR) is 131 cm³/mol. The average Bonchev–Trinajstić information content (AvgIpc) is 2.81. The van der Waals surface area contributed by atoms with Crippen LogP contribution in [0.15, 0.2) is 48.5 Å². The molecule has 0 spiro atoms. The highest BCUT2D eigenvalue weighted by Gasteiger charge is 2.21. The number of unbranched alkanes of at least 4 members (excludes halogenated alkanes) is 4. The number of aryl methyl sites for hydroxylation is 2. The molecule has 1 aliphatic carbocycles. The van der Waals surface area contributed by atoms with Crippen molar-refractivity contribution in [1.82, 2.24) is 0 Å². The van der Waals surface area contributed by atoms with E-state index < -0.39 is 0 Å². The van der Waals surface area contributed by atoms with Gasteiger partial charge in [0.05, 0.1) is 0 Å². The third-order valence-corrected chi connectivity index (χ3v) is 6.69. The second kappa shape index (κ2) is 12.6. The first-order chi connectivity index (χ1) is 14.8. The van der Waals surface area contributed by atoms with Crippen molar-refractivity contribution in [2.75, 3.05) is 0 Å². The van der Waals surface area contributed by atoms with E-state index in [-0.39, 0.29) is 0 Å². The molecule has 160 valence electrons. The second-order valence-corrected chi connectivity index (χ2v) is 9.17. The van der Waals surface area contributed by atoms with Crippen LogP contribution in [-0.4, -0.2) is 0 Å². The third kappa shape index (κ3) is 7.36. The molecule has 0 saturated heterocycles. The molecule has 0 heteroatoms. The lowest BCUT2D eigenvalue weighted by molar-refractivity contribution is 0.384. The number of rotatable bonds is 9. The van der Waals surface area contributed by atoms with E-state index in [9.17, 15) is 0 Å². The maximum Gasteiger partial charge on any atom is 0.0245 e. The standard InChI is InChI=1S/C30H40/c1-3-5-7-8-10-26-11-13-27(14-12-26)15-16-28-19-23-30(24-20-28)29-21-17-25(18-22-29)9-6-4-2/h11-14,17-18,21-22,28,30H,3-10,19-20,23-24H2,1-2H3/t28-,30-. The Labute approximate surface area is 185 Å². The molecule has 1 aliphatic rings. The third-order valence-electron chi connectivity index (χ3n) is 6.69. The van der Waals surface area contributed by atoms with Gasteiger partial charge in [0, 0.05) is 11.5 Å². The Morgan fingerprint density at radius 2 is 1.27 bits per heavy atom. The van der Waals surface area contributed by atoms with Crippen LogP contribution in [0.5, 0.6) is 0 Å². The van der Waals surface area contributed by atoms with Gasteiger partial charge in [0.15, 0.2) is 0 Å². The second-order valence-electron chi connectivity index (χ2n) is 9.17. The molecule has 0 aromatic heterocycles. The van der Waals surface area contributed by atoms with Crippen LogP contribution in [0, 0.1) is 17.8 Å². The molecule has 3 rings (SSSR count). The van der Waals surface area contributed by atoms with Crippen LogP contribution in [0.2, 0.25) is 0 Å². The smallest absolute Gasteiger partial charge is 0.0245 e. The molecule has 0 heterocycles. The molecule has 2 aromatic rings. The SMILES string of the molecule is CCCCCCc1ccc(C#C[C@H]2CC[C@H](c3ccc(CCCC)cc3)CC2)cc1. The van der Waals surface area contributed by atoms with E-state index in [1.165, 1.54) is 99.3 Å². The molecule has 0 amide bonds. The molecule has 0 bridgehead atoms. The summed E-state index contributed by atoms with van der Waals surface area (Å²) in [6.45, 7) is 4.53. The summed E-state index contributed by atoms with van der Waals surface area (Å²) in [5, 5.41) is 0. The van der Waals surface area contributed by atoms with E-state index in [1.54, 1.807) is 0 Å². The van der Waals surface area contributed by atoms with Crippen molar-refractivity contribution in [2.45, 2.75) is 96.8 Å². The Morgan fingerprint density at radius 3 is 1.90 bits per heavy atom. The van der Waals surface area contributed by atoms with Gasteiger partial charge in [-0.1, -0.05) is 87.8 Å². The van der Waals surface area contributed by atoms with E-state index in [4.69, 9.17) is 0 Å². The van der Waals surface area contributed by atoms with Crippen LogP contribution in [0.4, 0.5) is 0 Å². The van der Waals surface area contributed by atoms with E-state index in [2.05, 4.69) is 74.2 Å². The van der Waals surface area contributed by atoms with E-state index in [0.29, 0.717) is 5.92 Å². The highest BCUT2D eigenvalue weighted by atomic mass is 14.2. The summed E-state index contributed by atoms with van der Waals surface area (Å²) in [4.78, 5) is 0. The molecule has 0 aliphatic heterocycles. The van der Waals surface area contributed by atoms with Crippen molar-refractivity contribution >= 4 is 0 Å². The molecular formula is C30H40. The Morgan fingerprint density at radius 1 is 0.667 bits per heavy atom. The van der Waals surface area contributed by atoms with Gasteiger partial charge in [0.25, 0.3) is 0 Å². The van der Waals surface area contributed by atoms with Gasteiger partial charge < -0.3 is 0 Å². The van der Waals surface area contributed by atoms with Gasteiger partial charge in [-0.3, -0.25) is 0 Å². The van der Waals surface area contributed by atoms with Crippen molar-refractivity contribution in [3.63, 3.8) is 0 Å². The van der Waals surface area contributed by atoms with Crippen molar-refractivity contribution in [3.8, 4) is 11.8 Å². The van der Waals surface area contributed by atoms with Crippen LogP contribution in [0.25, 0.3) is 0 Å². The quantitative estimate of drug-likeness (QED) is 0.292. The zero-order valence-corrected chi connectivity index (χ0v) is 19.3. The molecule has 1 fully saturated rings. The monoisotopic (exact) mass is 400 g/mol. The predicted octanol–water partition coefficient (Wildman–Crippen LogP) is 8.48. The molecule has 0 N–H and O–H groups in total. The number of benzene rings is 2. The van der Waals surface area contributed by atoms with Gasteiger partial charge in [-0.25, -0.2) is 0 Å². The summed E-state index contributed by atoms with van der Waals surface area (Å²) in [6, 6.07) is 18.4. The topological polar surface area (TPSA) is 0 Å². The maximum atomic E-state index is 3.57. The fourth-order valence-electron chi connectivity index (χ4n) is 4.60. The first kappa shape index (κ1) is 22.7. The fourth-order valence-corrected chi connectivity index (χ4v) is 4.60. The highest BCUT2D eigenvalue weighted by molar-refractivity contribution is 5.37. The number of hydrogen-bond acceptors (Lipinski definition) is 0. The van der Waals surface area contributed by atoms with Gasteiger partial charge in [0.1, 0.15) is 0 Å². The Balaban J connectivity index is 1.44. The van der Waals surface area contributed by atoms with Crippen molar-refractivity contribution in [1.29, 1.82) is 0 Å². The average molecular weight is 401 g/mol. The Bertz CT molecular complexity index is 777. The zero-order valence-electron chi connectivity index (χ0n) is 19.3. The summed E-state index contributed by atoms with van der Waals surface area (Å²) in [5.74, 6) is 8.32. The van der Waals surface area contributed by atoms with Gasteiger partial charge in [-0.2, -0.15) is 0 Å². The molecule has 2 aromatic carbocycles. The minimum absolute atomic E-state index is 0.568. The summed E-state index contributed by atoms with van der Waals surface area (Å²) >= 11 is 0.